The van der Waals surface area contributed by atoms with Gasteiger partial charge in [0, 0.05) is 21.4 Å². The van der Waals surface area contributed by atoms with Gasteiger partial charge in [0.1, 0.15) is 11.2 Å². The average molecular weight is 487 g/mol. The van der Waals surface area contributed by atoms with Crippen LogP contribution in [0.3, 0.4) is 0 Å². The molecule has 0 atom stereocenters. The second-order valence-corrected chi connectivity index (χ2v) is 10.2. The molecular weight excluding hydrogens is 460 g/mol. The van der Waals surface area contributed by atoms with Gasteiger partial charge in [-0.05, 0) is 76.1 Å². The molecule has 0 saturated carbocycles. The summed E-state index contributed by atoms with van der Waals surface area (Å²) < 4.78 is 6.32. The molecule has 0 radical (unpaired) electrons. The average Bonchev–Trinajstić information content (AvgIpc) is 3.27. The minimum absolute atomic E-state index is 0.450. The Kier molecular flexibility index (Phi) is 5.66. The van der Waals surface area contributed by atoms with Gasteiger partial charge in [-0.2, -0.15) is 0 Å². The lowest BCUT2D eigenvalue weighted by atomic mass is 9.87. The number of fused-ring (bicyclic) bond motifs is 3. The van der Waals surface area contributed by atoms with Crippen molar-refractivity contribution in [1.29, 1.82) is 0 Å². The largest absolute Gasteiger partial charge is 0.455 e. The van der Waals surface area contributed by atoms with E-state index in [1.54, 1.807) is 0 Å². The summed E-state index contributed by atoms with van der Waals surface area (Å²) >= 11 is 6.72. The van der Waals surface area contributed by atoms with Crippen molar-refractivity contribution in [3.8, 4) is 33.4 Å². The van der Waals surface area contributed by atoms with E-state index in [4.69, 9.17) is 16.0 Å². The highest BCUT2D eigenvalue weighted by atomic mass is 35.5. The summed E-state index contributed by atoms with van der Waals surface area (Å²) in [7, 11) is 0. The Hall–Kier alpha value is -3.81. The maximum absolute atomic E-state index is 6.72. The molecule has 0 fully saturated rings. The number of hydrogen-bond acceptors (Lipinski definition) is 1. The molecular formula is C34H27ClO. The molecule has 2 heteroatoms. The fraction of sp³-hybridized carbons (Fsp3) is 0.118. The predicted molar refractivity (Wildman–Crippen MR) is 154 cm³/mol. The molecule has 0 unspecified atom stereocenters. The second-order valence-electron chi connectivity index (χ2n) is 9.73. The Morgan fingerprint density at radius 3 is 2.06 bits per heavy atom. The quantitative estimate of drug-likeness (QED) is 0.241. The highest BCUT2D eigenvalue weighted by molar-refractivity contribution is 6.31. The molecule has 1 heterocycles. The molecule has 0 saturated heterocycles. The van der Waals surface area contributed by atoms with E-state index in [2.05, 4.69) is 106 Å². The Morgan fingerprint density at radius 1 is 0.611 bits per heavy atom. The van der Waals surface area contributed by atoms with Crippen LogP contribution in [0.1, 0.15) is 30.9 Å². The lowest BCUT2D eigenvalue weighted by molar-refractivity contribution is 0.670. The molecule has 1 nitrogen and oxygen atoms in total. The summed E-state index contributed by atoms with van der Waals surface area (Å²) in [5, 5.41) is 2.96. The summed E-state index contributed by atoms with van der Waals surface area (Å²) in [6.07, 6.45) is 0. The molecule has 176 valence electrons. The van der Waals surface area contributed by atoms with Crippen molar-refractivity contribution >= 4 is 33.5 Å². The Balaban J connectivity index is 1.53. The summed E-state index contributed by atoms with van der Waals surface area (Å²) in [6, 6.07) is 36.1. The van der Waals surface area contributed by atoms with Gasteiger partial charge >= 0.3 is 0 Å². The number of furan rings is 1. The third-order valence-electron chi connectivity index (χ3n) is 7.13. The molecule has 36 heavy (non-hydrogen) atoms. The van der Waals surface area contributed by atoms with E-state index in [1.807, 2.05) is 18.2 Å². The molecule has 0 aliphatic carbocycles. The van der Waals surface area contributed by atoms with Gasteiger partial charge < -0.3 is 4.42 Å². The van der Waals surface area contributed by atoms with E-state index < -0.39 is 0 Å². The van der Waals surface area contributed by atoms with Crippen LogP contribution < -0.4 is 0 Å². The van der Waals surface area contributed by atoms with Crippen molar-refractivity contribution in [2.75, 3.05) is 0 Å². The van der Waals surface area contributed by atoms with Crippen molar-refractivity contribution in [2.45, 2.75) is 26.7 Å². The zero-order valence-corrected chi connectivity index (χ0v) is 21.4. The molecule has 0 aliphatic rings. The number of benzene rings is 5. The molecule has 0 bridgehead atoms. The van der Waals surface area contributed by atoms with Crippen molar-refractivity contribution in [1.82, 2.24) is 0 Å². The van der Waals surface area contributed by atoms with E-state index >= 15 is 0 Å². The van der Waals surface area contributed by atoms with Crippen molar-refractivity contribution in [3.05, 3.63) is 119 Å². The lowest BCUT2D eigenvalue weighted by Crippen LogP contribution is -1.95. The van der Waals surface area contributed by atoms with Crippen LogP contribution in [-0.2, 0) is 0 Å². The maximum Gasteiger partial charge on any atom is 0.143 e. The Morgan fingerprint density at radius 2 is 1.22 bits per heavy atom. The maximum atomic E-state index is 6.72. The second kappa shape index (κ2) is 9.00. The van der Waals surface area contributed by atoms with Gasteiger partial charge in [-0.25, -0.2) is 0 Å². The fourth-order valence-corrected chi connectivity index (χ4v) is 5.60. The van der Waals surface area contributed by atoms with Crippen molar-refractivity contribution in [3.63, 3.8) is 0 Å². The first-order valence-electron chi connectivity index (χ1n) is 12.4. The summed E-state index contributed by atoms with van der Waals surface area (Å²) in [6.45, 7) is 6.71. The molecule has 5 aromatic carbocycles. The van der Waals surface area contributed by atoms with E-state index in [9.17, 15) is 0 Å². The Labute approximate surface area is 217 Å². The predicted octanol–water partition coefficient (Wildman–Crippen LogP) is 10.7. The smallest absolute Gasteiger partial charge is 0.143 e. The summed E-state index contributed by atoms with van der Waals surface area (Å²) in [5.74, 6) is 0.450. The van der Waals surface area contributed by atoms with Crippen LogP contribution >= 0.6 is 11.6 Å². The highest BCUT2D eigenvalue weighted by Gasteiger charge is 2.16. The molecule has 0 amide bonds. The first-order valence-corrected chi connectivity index (χ1v) is 12.8. The topological polar surface area (TPSA) is 13.1 Å². The van der Waals surface area contributed by atoms with Crippen molar-refractivity contribution < 1.29 is 4.42 Å². The number of halogens is 1. The van der Waals surface area contributed by atoms with Crippen LogP contribution in [0.15, 0.2) is 108 Å². The van der Waals surface area contributed by atoms with Gasteiger partial charge in [0.15, 0.2) is 0 Å². The third-order valence-corrected chi connectivity index (χ3v) is 7.35. The van der Waals surface area contributed by atoms with E-state index in [0.29, 0.717) is 10.9 Å². The van der Waals surface area contributed by atoms with Crippen LogP contribution in [0.2, 0.25) is 5.02 Å². The number of rotatable bonds is 4. The minimum Gasteiger partial charge on any atom is -0.455 e. The molecule has 0 aliphatic heterocycles. The fourth-order valence-electron chi connectivity index (χ4n) is 5.36. The van der Waals surface area contributed by atoms with Gasteiger partial charge in [0.2, 0.25) is 0 Å². The van der Waals surface area contributed by atoms with Crippen LogP contribution in [0, 0.1) is 6.92 Å². The first kappa shape index (κ1) is 22.6. The standard InChI is InChI=1S/C34H27ClO/c1-21(2)26-10-4-5-11-30(26)28-14-8-13-27(22(28)3)23-18-24(20-25(35)19-23)29-15-9-16-32-31-12-6-7-17-33(31)36-34(29)32/h4-21H,1-3H3. The van der Waals surface area contributed by atoms with Crippen LogP contribution in [0.5, 0.6) is 0 Å². The van der Waals surface area contributed by atoms with Gasteiger partial charge in [-0.1, -0.05) is 104 Å². The number of hydrogen-bond donors (Lipinski definition) is 0. The highest BCUT2D eigenvalue weighted by Crippen LogP contribution is 2.40. The van der Waals surface area contributed by atoms with Gasteiger partial charge in [0.05, 0.1) is 0 Å². The van der Waals surface area contributed by atoms with Crippen LogP contribution in [-0.4, -0.2) is 0 Å². The molecule has 0 spiro atoms. The molecule has 6 rings (SSSR count). The number of para-hydroxylation sites is 2. The normalized spacial score (nSPS) is 11.6. The van der Waals surface area contributed by atoms with Crippen LogP contribution in [0.4, 0.5) is 0 Å². The lowest BCUT2D eigenvalue weighted by Gasteiger charge is -2.17. The first-order chi connectivity index (χ1) is 17.5. The summed E-state index contributed by atoms with van der Waals surface area (Å²) in [4.78, 5) is 0. The van der Waals surface area contributed by atoms with Crippen molar-refractivity contribution in [2.24, 2.45) is 0 Å². The van der Waals surface area contributed by atoms with Crippen LogP contribution in [0.25, 0.3) is 55.3 Å². The monoisotopic (exact) mass is 486 g/mol. The Bertz CT molecular complexity index is 1740. The minimum atomic E-state index is 0.450. The summed E-state index contributed by atoms with van der Waals surface area (Å²) in [5.41, 5.74) is 11.3. The zero-order chi connectivity index (χ0) is 24.8. The van der Waals surface area contributed by atoms with Gasteiger partial charge in [0.25, 0.3) is 0 Å². The van der Waals surface area contributed by atoms with E-state index in [1.165, 1.54) is 27.8 Å². The van der Waals surface area contributed by atoms with Gasteiger partial charge in [-0.3, -0.25) is 0 Å². The van der Waals surface area contributed by atoms with E-state index in [-0.39, 0.29) is 0 Å². The van der Waals surface area contributed by atoms with Gasteiger partial charge in [-0.15, -0.1) is 0 Å². The third kappa shape index (κ3) is 3.81. The van der Waals surface area contributed by atoms with E-state index in [0.717, 1.165) is 38.6 Å². The molecule has 1 aromatic heterocycles. The molecule has 0 N–H and O–H groups in total. The SMILES string of the molecule is Cc1c(-c2cc(Cl)cc(-c3cccc4c3oc3ccccc34)c2)cccc1-c1ccccc1C(C)C. The zero-order valence-electron chi connectivity index (χ0n) is 20.7. The molecule has 6 aromatic rings.